The summed E-state index contributed by atoms with van der Waals surface area (Å²) in [6, 6.07) is 9.79. The molecule has 0 aliphatic carbocycles. The van der Waals surface area contributed by atoms with Crippen LogP contribution in [0.15, 0.2) is 36.9 Å². The first-order valence-electron chi connectivity index (χ1n) is 3.11. The van der Waals surface area contributed by atoms with Gasteiger partial charge in [-0.1, -0.05) is 43.0 Å². The summed E-state index contributed by atoms with van der Waals surface area (Å²) < 4.78 is 6.76. The molecule has 0 unspecified atom stereocenters. The Hall–Kier alpha value is -1.04. The van der Waals surface area contributed by atoms with Crippen LogP contribution in [0.25, 0.3) is 6.08 Å². The zero-order chi connectivity index (χ0) is 6.53. The fraction of sp³-hybridized carbons (Fsp3) is 0. The van der Waals surface area contributed by atoms with Gasteiger partial charge in [0.05, 0.1) is 1.37 Å². The van der Waals surface area contributed by atoms with Gasteiger partial charge < -0.3 is 0 Å². The lowest BCUT2D eigenvalue weighted by Crippen LogP contribution is -1.63. The van der Waals surface area contributed by atoms with E-state index in [1.54, 1.807) is 6.08 Å². The zero-order valence-corrected chi connectivity index (χ0v) is 4.54. The van der Waals surface area contributed by atoms with E-state index in [2.05, 4.69) is 0 Å². The highest BCUT2D eigenvalue weighted by molar-refractivity contribution is 5.45. The Labute approximate surface area is 50.9 Å². The Kier molecular flexibility index (Phi) is 1.13. The molecule has 0 amide bonds. The van der Waals surface area contributed by atoms with Crippen molar-refractivity contribution in [2.24, 2.45) is 0 Å². The molecule has 0 bridgehead atoms. The van der Waals surface area contributed by atoms with Gasteiger partial charge in [0.25, 0.3) is 0 Å². The van der Waals surface area contributed by atoms with Crippen LogP contribution in [-0.4, -0.2) is 0 Å². The molecule has 0 aliphatic heterocycles. The average molecular weight is 105 g/mol. The summed E-state index contributed by atoms with van der Waals surface area (Å²) in [6.07, 6.45) is 1.75. The minimum absolute atomic E-state index is 1.08. The molecule has 0 atom stereocenters. The Morgan fingerprint density at radius 2 is 2.12 bits per heavy atom. The van der Waals surface area contributed by atoms with Gasteiger partial charge in [-0.3, -0.25) is 0 Å². The quantitative estimate of drug-likeness (QED) is 0.514. The summed E-state index contributed by atoms with van der Waals surface area (Å²) in [6.45, 7) is 1.29. The fourth-order valence-electron chi connectivity index (χ4n) is 0.564. The zero-order valence-electron chi connectivity index (χ0n) is 5.54. The third-order valence-electron chi connectivity index (χ3n) is 0.992. The van der Waals surface area contributed by atoms with Crippen LogP contribution in [0.4, 0.5) is 0 Å². The van der Waals surface area contributed by atoms with Gasteiger partial charge in [0.1, 0.15) is 0 Å². The van der Waals surface area contributed by atoms with Gasteiger partial charge in [-0.15, -0.1) is 0 Å². The number of benzene rings is 1. The van der Waals surface area contributed by atoms with E-state index in [1.165, 1.54) is 6.55 Å². The van der Waals surface area contributed by atoms with Crippen molar-refractivity contribution in [3.63, 3.8) is 0 Å². The van der Waals surface area contributed by atoms with E-state index in [-0.39, 0.29) is 0 Å². The Balaban J connectivity index is 2.85. The van der Waals surface area contributed by atoms with E-state index in [9.17, 15) is 0 Å². The van der Waals surface area contributed by atoms with Crippen molar-refractivity contribution in [1.29, 1.82) is 0 Å². The minimum Gasteiger partial charge on any atom is -0.0985 e. The van der Waals surface area contributed by atoms with Crippen LogP contribution in [0.2, 0.25) is 0 Å². The van der Waals surface area contributed by atoms with Crippen LogP contribution in [0.3, 0.4) is 0 Å². The van der Waals surface area contributed by atoms with Crippen molar-refractivity contribution in [2.75, 3.05) is 0 Å². The van der Waals surface area contributed by atoms with E-state index in [0.29, 0.717) is 0 Å². The largest absolute Gasteiger partial charge is 0.0985 e. The standard InChI is InChI=1S/C8H8/c1-2-8-6-4-3-5-7-8/h2-7H,1H2/i1D/b2-1+. The molecule has 0 aliphatic rings. The second-order valence-corrected chi connectivity index (χ2v) is 1.58. The summed E-state index contributed by atoms with van der Waals surface area (Å²) in [5.41, 5.74) is 1.08. The third-order valence-corrected chi connectivity index (χ3v) is 0.992. The van der Waals surface area contributed by atoms with Crippen molar-refractivity contribution < 1.29 is 1.37 Å². The van der Waals surface area contributed by atoms with Crippen molar-refractivity contribution in [1.82, 2.24) is 0 Å². The Morgan fingerprint density at radius 3 is 2.75 bits per heavy atom. The maximum Gasteiger partial charge on any atom is 0.0538 e. The van der Waals surface area contributed by atoms with Crippen LogP contribution in [-0.2, 0) is 0 Å². The average Bonchev–Trinajstić information content (AvgIpc) is 1.91. The van der Waals surface area contributed by atoms with Crippen molar-refractivity contribution in [3.8, 4) is 0 Å². The van der Waals surface area contributed by atoms with Crippen molar-refractivity contribution >= 4 is 6.08 Å². The smallest absolute Gasteiger partial charge is 0.0538 e. The molecule has 8 heavy (non-hydrogen) atoms. The first kappa shape index (κ1) is 3.90. The molecule has 0 radical (unpaired) electrons. The maximum atomic E-state index is 6.76. The minimum atomic E-state index is 1.08. The van der Waals surface area contributed by atoms with E-state index in [1.807, 2.05) is 30.3 Å². The lowest BCUT2D eigenvalue weighted by Gasteiger charge is -1.85. The second-order valence-electron chi connectivity index (χ2n) is 1.58. The van der Waals surface area contributed by atoms with Crippen molar-refractivity contribution in [3.05, 3.63) is 42.5 Å². The SMILES string of the molecule is [2H]/C=C/c1ccccc1. The third kappa shape index (κ3) is 0.969. The topological polar surface area (TPSA) is 0 Å². The van der Waals surface area contributed by atoms with Gasteiger partial charge in [0.15, 0.2) is 0 Å². The van der Waals surface area contributed by atoms with E-state index in [4.69, 9.17) is 1.37 Å². The molecule has 0 heteroatoms. The highest BCUT2D eigenvalue weighted by Crippen LogP contribution is 1.97. The molecule has 0 heterocycles. The predicted octanol–water partition coefficient (Wildman–Crippen LogP) is 2.33. The van der Waals surface area contributed by atoms with E-state index in [0.717, 1.165) is 5.56 Å². The lowest BCUT2D eigenvalue weighted by atomic mass is 10.2. The van der Waals surface area contributed by atoms with Crippen LogP contribution >= 0.6 is 0 Å². The maximum absolute atomic E-state index is 6.76. The van der Waals surface area contributed by atoms with Gasteiger partial charge in [0.2, 0.25) is 0 Å². The Bertz CT molecular complexity index is 189. The lowest BCUT2D eigenvalue weighted by molar-refractivity contribution is 1.67. The van der Waals surface area contributed by atoms with E-state index < -0.39 is 0 Å². The predicted molar refractivity (Wildman–Crippen MR) is 36.5 cm³/mol. The molecule has 0 fully saturated rings. The molecular weight excluding hydrogens is 96.1 g/mol. The van der Waals surface area contributed by atoms with Crippen LogP contribution in [0, 0.1) is 0 Å². The van der Waals surface area contributed by atoms with E-state index >= 15 is 0 Å². The van der Waals surface area contributed by atoms with Gasteiger partial charge in [-0.05, 0) is 5.56 Å². The van der Waals surface area contributed by atoms with Crippen LogP contribution in [0.5, 0.6) is 0 Å². The number of rotatable bonds is 1. The molecule has 0 aromatic heterocycles. The fourth-order valence-corrected chi connectivity index (χ4v) is 0.564. The molecule has 0 saturated heterocycles. The highest BCUT2D eigenvalue weighted by Gasteiger charge is 1.75. The van der Waals surface area contributed by atoms with Gasteiger partial charge in [0, 0.05) is 0 Å². The molecule has 1 aromatic rings. The summed E-state index contributed by atoms with van der Waals surface area (Å²) in [5, 5.41) is 0. The van der Waals surface area contributed by atoms with Gasteiger partial charge in [-0.2, -0.15) is 0 Å². The molecule has 0 nitrogen and oxygen atoms in total. The van der Waals surface area contributed by atoms with Crippen molar-refractivity contribution in [2.45, 2.75) is 0 Å². The monoisotopic (exact) mass is 105 g/mol. The molecule has 40 valence electrons. The number of hydrogen-bond acceptors (Lipinski definition) is 0. The summed E-state index contributed by atoms with van der Waals surface area (Å²) in [5.74, 6) is 0. The van der Waals surface area contributed by atoms with Crippen LogP contribution < -0.4 is 0 Å². The molecule has 0 spiro atoms. The first-order valence-corrected chi connectivity index (χ1v) is 2.53. The summed E-state index contributed by atoms with van der Waals surface area (Å²) >= 11 is 0. The second kappa shape index (κ2) is 2.31. The van der Waals surface area contributed by atoms with Gasteiger partial charge >= 0.3 is 0 Å². The number of hydrogen-bond donors (Lipinski definition) is 0. The molecule has 0 N–H and O–H groups in total. The highest BCUT2D eigenvalue weighted by atomic mass is 13.8. The normalized spacial score (nSPS) is 11.8. The first-order chi connectivity index (χ1) is 4.43. The molecule has 1 aromatic carbocycles. The summed E-state index contributed by atoms with van der Waals surface area (Å²) in [7, 11) is 0. The van der Waals surface area contributed by atoms with Gasteiger partial charge in [-0.25, -0.2) is 0 Å². The van der Waals surface area contributed by atoms with Crippen LogP contribution in [0.1, 0.15) is 6.93 Å². The summed E-state index contributed by atoms with van der Waals surface area (Å²) in [4.78, 5) is 0. The molecular formula is C8H8. The molecule has 1 rings (SSSR count). The Morgan fingerprint density at radius 1 is 1.38 bits per heavy atom. The molecule has 0 saturated carbocycles.